The van der Waals surface area contributed by atoms with E-state index in [1.165, 1.54) is 11.8 Å². The summed E-state index contributed by atoms with van der Waals surface area (Å²) in [6, 6.07) is 26.2. The summed E-state index contributed by atoms with van der Waals surface area (Å²) in [6.45, 7) is 4.92. The predicted octanol–water partition coefficient (Wildman–Crippen LogP) is 6.95. The molecule has 0 radical (unpaired) electrons. The molecule has 4 N–H and O–H groups in total. The van der Waals surface area contributed by atoms with Gasteiger partial charge in [-0.3, -0.25) is 0 Å². The molecule has 0 spiro atoms. The first kappa shape index (κ1) is 26.0. The highest BCUT2D eigenvalue weighted by molar-refractivity contribution is 5.92. The van der Waals surface area contributed by atoms with Crippen LogP contribution in [0.2, 0.25) is 0 Å². The average molecular weight is 570 g/mol. The minimum atomic E-state index is -0.287. The minimum Gasteiger partial charge on any atom is -0.465 e. The lowest BCUT2D eigenvalue weighted by Gasteiger charge is -2.30. The summed E-state index contributed by atoms with van der Waals surface area (Å²) < 4.78 is 9.15. The Morgan fingerprint density at radius 3 is 2.63 bits per heavy atom. The number of imidazole rings is 2. The summed E-state index contributed by atoms with van der Waals surface area (Å²) in [4.78, 5) is 16.3. The number of rotatable bonds is 8. The second kappa shape index (κ2) is 10.9. The van der Waals surface area contributed by atoms with E-state index in [0.717, 1.165) is 94.7 Å². The topological polar surface area (TPSA) is 95.6 Å². The third kappa shape index (κ3) is 4.73. The molecule has 3 aromatic carbocycles. The van der Waals surface area contributed by atoms with Crippen LogP contribution < -0.4 is 15.4 Å². The van der Waals surface area contributed by atoms with Crippen molar-refractivity contribution < 1.29 is 4.74 Å². The number of aromatic amines is 2. The molecule has 43 heavy (non-hydrogen) atoms. The molecule has 3 aromatic heterocycles. The number of nitrogens with one attached hydrogen (secondary N) is 4. The summed E-state index contributed by atoms with van der Waals surface area (Å²) in [5.41, 5.74) is 8.67. The Kier molecular flexibility index (Phi) is 6.58. The van der Waals surface area contributed by atoms with Crippen LogP contribution in [-0.2, 0) is 6.54 Å². The number of benzene rings is 3. The first-order valence-corrected chi connectivity index (χ1v) is 15.3. The first-order valence-electron chi connectivity index (χ1n) is 15.3. The first-order chi connectivity index (χ1) is 21.2. The zero-order valence-electron chi connectivity index (χ0n) is 24.2. The Balaban J connectivity index is 1.19. The molecule has 1 saturated heterocycles. The van der Waals surface area contributed by atoms with Crippen LogP contribution in [0.3, 0.4) is 0 Å². The maximum Gasteiger partial charge on any atom is 0.203 e. The maximum absolute atomic E-state index is 6.83. The molecule has 5 heterocycles. The highest BCUT2D eigenvalue weighted by Crippen LogP contribution is 2.45. The van der Waals surface area contributed by atoms with Crippen LogP contribution in [-0.4, -0.2) is 37.6 Å². The average Bonchev–Trinajstić information content (AvgIpc) is 3.87. The Morgan fingerprint density at radius 2 is 1.77 bits per heavy atom. The molecule has 1 fully saturated rings. The molecule has 0 saturated carbocycles. The predicted molar refractivity (Wildman–Crippen MR) is 170 cm³/mol. The monoisotopic (exact) mass is 569 g/mol. The fraction of sp³-hybridized carbons (Fsp3) is 0.257. The van der Waals surface area contributed by atoms with E-state index in [1.807, 2.05) is 18.5 Å². The third-order valence-electron chi connectivity index (χ3n) is 8.61. The van der Waals surface area contributed by atoms with Crippen molar-refractivity contribution in [2.75, 3.05) is 13.1 Å². The second-order valence-corrected chi connectivity index (χ2v) is 11.5. The highest BCUT2D eigenvalue weighted by atomic mass is 16.5. The van der Waals surface area contributed by atoms with E-state index in [0.29, 0.717) is 6.04 Å². The van der Waals surface area contributed by atoms with Crippen molar-refractivity contribution in [3.63, 3.8) is 0 Å². The van der Waals surface area contributed by atoms with Gasteiger partial charge in [-0.05, 0) is 62.7 Å². The Morgan fingerprint density at radius 1 is 0.930 bits per heavy atom. The SMILES string of the molecule is CCCNCc1ncc(-c2ccc3c(c2)OC(c2ccccc2)n2c-3cc3cc(-c4cnc([C@@H]5CCCN5)[nH]4)ccc32)[nH]1. The van der Waals surface area contributed by atoms with Gasteiger partial charge in [0.05, 0.1) is 47.6 Å². The zero-order valence-corrected chi connectivity index (χ0v) is 24.2. The van der Waals surface area contributed by atoms with Gasteiger partial charge in [0.1, 0.15) is 17.4 Å². The number of ether oxygens (including phenoxy) is 1. The molecule has 2 aliphatic rings. The highest BCUT2D eigenvalue weighted by Gasteiger charge is 2.29. The van der Waals surface area contributed by atoms with Gasteiger partial charge in [-0.15, -0.1) is 0 Å². The van der Waals surface area contributed by atoms with Crippen molar-refractivity contribution in [1.29, 1.82) is 0 Å². The summed E-state index contributed by atoms with van der Waals surface area (Å²) >= 11 is 0. The van der Waals surface area contributed by atoms with E-state index in [9.17, 15) is 0 Å². The van der Waals surface area contributed by atoms with E-state index in [1.54, 1.807) is 0 Å². The summed E-state index contributed by atoms with van der Waals surface area (Å²) in [5, 5.41) is 8.12. The molecular weight excluding hydrogens is 534 g/mol. The van der Waals surface area contributed by atoms with Gasteiger partial charge in [0.2, 0.25) is 6.23 Å². The number of H-pyrrole nitrogens is 2. The number of nitrogens with zero attached hydrogens (tertiary/aromatic N) is 3. The van der Waals surface area contributed by atoms with Gasteiger partial charge in [0.15, 0.2) is 0 Å². The van der Waals surface area contributed by atoms with Crippen molar-refractivity contribution in [3.05, 3.63) is 102 Å². The van der Waals surface area contributed by atoms with E-state index >= 15 is 0 Å². The van der Waals surface area contributed by atoms with Crippen molar-refractivity contribution >= 4 is 10.9 Å². The quantitative estimate of drug-likeness (QED) is 0.149. The number of fused-ring (bicyclic) bond motifs is 5. The van der Waals surface area contributed by atoms with Crippen LogP contribution in [0.5, 0.6) is 5.75 Å². The zero-order chi connectivity index (χ0) is 28.8. The van der Waals surface area contributed by atoms with Crippen molar-refractivity contribution in [2.45, 2.75) is 45.0 Å². The Hall–Kier alpha value is -4.66. The maximum atomic E-state index is 6.83. The molecule has 1 unspecified atom stereocenters. The molecule has 216 valence electrons. The van der Waals surface area contributed by atoms with E-state index < -0.39 is 0 Å². The third-order valence-corrected chi connectivity index (χ3v) is 8.61. The van der Waals surface area contributed by atoms with Gasteiger partial charge in [0.25, 0.3) is 0 Å². The fourth-order valence-electron chi connectivity index (χ4n) is 6.43. The van der Waals surface area contributed by atoms with Crippen LogP contribution in [0.15, 0.2) is 85.2 Å². The Bertz CT molecular complexity index is 1890. The van der Waals surface area contributed by atoms with Gasteiger partial charge in [0, 0.05) is 27.6 Å². The fourth-order valence-corrected chi connectivity index (χ4v) is 6.43. The van der Waals surface area contributed by atoms with Gasteiger partial charge in [-0.1, -0.05) is 49.4 Å². The molecule has 8 rings (SSSR count). The van der Waals surface area contributed by atoms with Gasteiger partial charge in [-0.2, -0.15) is 0 Å². The standard InChI is InChI=1S/C35H35N7O/c1-2-14-36-21-33-38-19-28(40-33)24-10-12-26-31-17-25-16-23(29-20-39-34(41-29)27-9-6-15-37-27)11-13-30(25)42(31)35(43-32(26)18-24)22-7-4-3-5-8-22/h3-5,7-8,10-13,16-20,27,35-37H,2,6,9,14-15,21H2,1H3,(H,38,40)(H,39,41)/t27-,35?/m0/s1. The van der Waals surface area contributed by atoms with Gasteiger partial charge in [-0.25, -0.2) is 9.97 Å². The molecule has 8 heteroatoms. The molecule has 2 atom stereocenters. The molecule has 6 aromatic rings. The van der Waals surface area contributed by atoms with E-state index in [4.69, 9.17) is 9.72 Å². The van der Waals surface area contributed by atoms with Crippen LogP contribution >= 0.6 is 0 Å². The summed E-state index contributed by atoms with van der Waals surface area (Å²) in [7, 11) is 0. The van der Waals surface area contributed by atoms with Crippen LogP contribution in [0.25, 0.3) is 44.7 Å². The molecule has 0 aliphatic carbocycles. The van der Waals surface area contributed by atoms with Crippen LogP contribution in [0.4, 0.5) is 0 Å². The normalized spacial score (nSPS) is 17.6. The summed E-state index contributed by atoms with van der Waals surface area (Å²) in [5.74, 6) is 2.82. The number of hydrogen-bond donors (Lipinski definition) is 4. The molecule has 2 aliphatic heterocycles. The lowest BCUT2D eigenvalue weighted by atomic mass is 10.0. The smallest absolute Gasteiger partial charge is 0.203 e. The number of hydrogen-bond acceptors (Lipinski definition) is 5. The molecule has 0 bridgehead atoms. The van der Waals surface area contributed by atoms with E-state index in [2.05, 4.69) is 104 Å². The van der Waals surface area contributed by atoms with Crippen LogP contribution in [0, 0.1) is 0 Å². The largest absolute Gasteiger partial charge is 0.465 e. The second-order valence-electron chi connectivity index (χ2n) is 11.5. The van der Waals surface area contributed by atoms with Crippen LogP contribution in [0.1, 0.15) is 55.7 Å². The minimum absolute atomic E-state index is 0.287. The van der Waals surface area contributed by atoms with Gasteiger partial charge >= 0.3 is 0 Å². The summed E-state index contributed by atoms with van der Waals surface area (Å²) in [6.07, 6.45) is 6.99. The number of aromatic nitrogens is 5. The van der Waals surface area contributed by atoms with Gasteiger partial charge < -0.3 is 29.9 Å². The lowest BCUT2D eigenvalue weighted by molar-refractivity contribution is 0.173. The molecular formula is C35H35N7O. The molecule has 0 amide bonds. The Labute approximate surface area is 250 Å². The van der Waals surface area contributed by atoms with Crippen molar-refractivity contribution in [1.82, 2.24) is 35.1 Å². The molecule has 8 nitrogen and oxygen atoms in total. The van der Waals surface area contributed by atoms with Crippen molar-refractivity contribution in [2.24, 2.45) is 0 Å². The van der Waals surface area contributed by atoms with Crippen molar-refractivity contribution in [3.8, 4) is 39.5 Å². The lowest BCUT2D eigenvalue weighted by Crippen LogP contribution is -2.22. The van der Waals surface area contributed by atoms with E-state index in [-0.39, 0.29) is 6.23 Å².